The minimum Gasteiger partial charge on any atom is -0.544 e. The third-order valence-electron chi connectivity index (χ3n) is 10.3. The molecule has 0 rings (SSSR count). The molecule has 8 nitrogen and oxygen atoms in total. The highest BCUT2D eigenvalue weighted by Gasteiger charge is 2.25. The van der Waals surface area contributed by atoms with Crippen molar-refractivity contribution in [2.24, 2.45) is 0 Å². The van der Waals surface area contributed by atoms with E-state index in [9.17, 15) is 19.5 Å². The third-order valence-corrected chi connectivity index (χ3v) is 10.3. The molecule has 0 aromatic rings. The lowest BCUT2D eigenvalue weighted by Crippen LogP contribution is -2.55. The average molecular weight is 852 g/mol. The van der Waals surface area contributed by atoms with Gasteiger partial charge < -0.3 is 28.6 Å². The number of likely N-dealkylation sites (N-methyl/N-ethyl adjacent to an activating group) is 1. The number of unbranched alkanes of at least 4 members (excludes halogenated alkanes) is 14. The van der Waals surface area contributed by atoms with Crippen molar-refractivity contribution < 1.29 is 38.2 Å². The average Bonchev–Trinajstić information content (AvgIpc) is 3.22. The second-order valence-electron chi connectivity index (χ2n) is 16.9. The molecule has 0 N–H and O–H groups in total. The van der Waals surface area contributed by atoms with Crippen molar-refractivity contribution in [3.05, 3.63) is 85.1 Å². The van der Waals surface area contributed by atoms with Crippen molar-refractivity contribution in [3.63, 3.8) is 0 Å². The van der Waals surface area contributed by atoms with Gasteiger partial charge in [-0.15, -0.1) is 0 Å². The zero-order valence-corrected chi connectivity index (χ0v) is 39.5. The molecule has 8 heteroatoms. The van der Waals surface area contributed by atoms with E-state index in [2.05, 4.69) is 86.8 Å². The van der Waals surface area contributed by atoms with Gasteiger partial charge in [-0.3, -0.25) is 9.59 Å². The molecule has 2 atom stereocenters. The van der Waals surface area contributed by atoms with Crippen LogP contribution in [-0.2, 0) is 28.6 Å². The summed E-state index contributed by atoms with van der Waals surface area (Å²) in [5.41, 5.74) is 0. The van der Waals surface area contributed by atoms with Crippen molar-refractivity contribution >= 4 is 17.9 Å². The lowest BCUT2D eigenvalue weighted by atomic mass is 10.0. The lowest BCUT2D eigenvalue weighted by molar-refractivity contribution is -0.889. The maximum Gasteiger partial charge on any atom is 0.306 e. The van der Waals surface area contributed by atoms with E-state index in [-0.39, 0.29) is 43.1 Å². The first-order valence-corrected chi connectivity index (χ1v) is 24.1. The first-order valence-electron chi connectivity index (χ1n) is 24.1. The molecule has 0 saturated carbocycles. The molecule has 0 aliphatic carbocycles. The van der Waals surface area contributed by atoms with Crippen LogP contribution in [0.4, 0.5) is 0 Å². The fourth-order valence-electron chi connectivity index (χ4n) is 6.63. The number of hydrogen-bond acceptors (Lipinski definition) is 7. The number of carbonyl (C=O) groups excluding carboxylic acids is 3. The zero-order chi connectivity index (χ0) is 44.9. The monoisotopic (exact) mass is 852 g/mol. The number of quaternary nitrogens is 1. The first-order chi connectivity index (χ1) is 29.6. The molecule has 0 aromatic carbocycles. The van der Waals surface area contributed by atoms with Gasteiger partial charge in [0.1, 0.15) is 12.6 Å². The van der Waals surface area contributed by atoms with Crippen LogP contribution in [0.5, 0.6) is 0 Å². The topological polar surface area (TPSA) is 102 Å². The molecule has 0 aromatic heterocycles. The number of esters is 2. The Balaban J connectivity index is 4.34. The lowest BCUT2D eigenvalue weighted by Gasteiger charge is -2.34. The van der Waals surface area contributed by atoms with E-state index in [0.29, 0.717) is 12.8 Å². The van der Waals surface area contributed by atoms with Crippen LogP contribution < -0.4 is 5.11 Å². The van der Waals surface area contributed by atoms with Gasteiger partial charge in [-0.2, -0.15) is 0 Å². The second kappa shape index (κ2) is 43.2. The SMILES string of the molecule is CC/C=C/C/C=C/C/C=C/C/C=C/C/C=C/CCC(=O)OC(COCCC(C(=O)[O-])[N+](C)(C)C)COC(=O)CCCCCCCCCCCCCCCC/C=C/C/C=C/CC. The fourth-order valence-corrected chi connectivity index (χ4v) is 6.63. The first kappa shape index (κ1) is 57.5. The summed E-state index contributed by atoms with van der Waals surface area (Å²) in [5.74, 6) is -1.85. The summed E-state index contributed by atoms with van der Waals surface area (Å²) >= 11 is 0. The predicted octanol–water partition coefficient (Wildman–Crippen LogP) is 12.4. The van der Waals surface area contributed by atoms with Crippen molar-refractivity contribution in [2.45, 2.75) is 193 Å². The number of ether oxygens (including phenoxy) is 3. The van der Waals surface area contributed by atoms with Gasteiger partial charge in [-0.1, -0.05) is 176 Å². The summed E-state index contributed by atoms with van der Waals surface area (Å²) in [4.78, 5) is 36.9. The Kier molecular flexibility index (Phi) is 40.7. The van der Waals surface area contributed by atoms with Crippen molar-refractivity contribution in [3.8, 4) is 0 Å². The largest absolute Gasteiger partial charge is 0.544 e. The van der Waals surface area contributed by atoms with Gasteiger partial charge in [0.25, 0.3) is 0 Å². The molecular formula is C53H89NO7. The van der Waals surface area contributed by atoms with Gasteiger partial charge in [0.15, 0.2) is 6.10 Å². The number of carbonyl (C=O) groups is 3. The Labute approximate surface area is 373 Å². The second-order valence-corrected chi connectivity index (χ2v) is 16.9. The number of rotatable bonds is 42. The molecule has 0 saturated heterocycles. The molecule has 2 unspecified atom stereocenters. The maximum atomic E-state index is 12.7. The molecule has 0 aliphatic rings. The molecule has 348 valence electrons. The molecule has 0 aliphatic heterocycles. The molecule has 0 radical (unpaired) electrons. The van der Waals surface area contributed by atoms with Gasteiger partial charge in [0.05, 0.1) is 40.3 Å². The number of carboxylic acids is 1. The Morgan fingerprint density at radius 2 is 0.902 bits per heavy atom. The number of nitrogens with zero attached hydrogens (tertiary/aromatic N) is 1. The van der Waals surface area contributed by atoms with E-state index >= 15 is 0 Å². The van der Waals surface area contributed by atoms with Crippen LogP contribution in [0.2, 0.25) is 0 Å². The number of allylic oxidation sites excluding steroid dienone is 14. The number of hydrogen-bond donors (Lipinski definition) is 0. The summed E-state index contributed by atoms with van der Waals surface area (Å²) < 4.78 is 17.1. The zero-order valence-electron chi connectivity index (χ0n) is 39.5. The molecule has 0 heterocycles. The van der Waals surface area contributed by atoms with Crippen LogP contribution in [-0.4, -0.2) is 75.5 Å². The van der Waals surface area contributed by atoms with E-state index in [1.54, 1.807) is 21.1 Å². The number of aliphatic carboxylic acids is 1. The highest BCUT2D eigenvalue weighted by Crippen LogP contribution is 2.15. The minimum absolute atomic E-state index is 0.00735. The van der Waals surface area contributed by atoms with E-state index in [0.717, 1.165) is 64.2 Å². The normalized spacial score (nSPS) is 13.7. The van der Waals surface area contributed by atoms with Crippen LogP contribution in [0, 0.1) is 0 Å². The molecule has 0 amide bonds. The Morgan fingerprint density at radius 1 is 0.492 bits per heavy atom. The predicted molar refractivity (Wildman–Crippen MR) is 254 cm³/mol. The van der Waals surface area contributed by atoms with Gasteiger partial charge in [0, 0.05) is 19.3 Å². The highest BCUT2D eigenvalue weighted by molar-refractivity contribution is 5.70. The summed E-state index contributed by atoms with van der Waals surface area (Å²) in [6, 6.07) is -0.742. The van der Waals surface area contributed by atoms with Gasteiger partial charge in [-0.25, -0.2) is 0 Å². The van der Waals surface area contributed by atoms with Crippen molar-refractivity contribution in [1.82, 2.24) is 0 Å². The van der Waals surface area contributed by atoms with Crippen LogP contribution >= 0.6 is 0 Å². The van der Waals surface area contributed by atoms with E-state index in [1.807, 2.05) is 12.2 Å². The van der Waals surface area contributed by atoms with Gasteiger partial charge >= 0.3 is 11.9 Å². The quantitative estimate of drug-likeness (QED) is 0.0261. The number of carboxylic acid groups (broad SMARTS) is 1. The summed E-state index contributed by atoms with van der Waals surface area (Å²) in [5, 5.41) is 11.6. The summed E-state index contributed by atoms with van der Waals surface area (Å²) in [6.07, 6.45) is 56.3. The summed E-state index contributed by atoms with van der Waals surface area (Å²) in [7, 11) is 5.38. The van der Waals surface area contributed by atoms with Crippen LogP contribution in [0.25, 0.3) is 0 Å². The molecule has 0 fully saturated rings. The van der Waals surface area contributed by atoms with Gasteiger partial charge in [0.2, 0.25) is 0 Å². The van der Waals surface area contributed by atoms with Crippen molar-refractivity contribution in [1.29, 1.82) is 0 Å². The molecular weight excluding hydrogens is 763 g/mol. The highest BCUT2D eigenvalue weighted by atomic mass is 16.6. The smallest absolute Gasteiger partial charge is 0.306 e. The molecule has 0 spiro atoms. The third kappa shape index (κ3) is 41.6. The molecule has 0 bridgehead atoms. The summed E-state index contributed by atoms with van der Waals surface area (Å²) in [6.45, 7) is 4.36. The fraction of sp³-hybridized carbons (Fsp3) is 0.679. The Bertz CT molecular complexity index is 1270. The van der Waals surface area contributed by atoms with Crippen LogP contribution in [0.3, 0.4) is 0 Å². The Hall–Kier alpha value is -3.49. The van der Waals surface area contributed by atoms with Crippen molar-refractivity contribution in [2.75, 3.05) is 41.0 Å². The minimum atomic E-state index is -1.14. The van der Waals surface area contributed by atoms with Crippen LogP contribution in [0.1, 0.15) is 181 Å². The Morgan fingerprint density at radius 3 is 1.34 bits per heavy atom. The van der Waals surface area contributed by atoms with Gasteiger partial charge in [-0.05, 0) is 70.6 Å². The maximum absolute atomic E-state index is 12.7. The standard InChI is InChI=1S/C53H89NO7/c1-6-8-10-12-14-16-18-20-22-24-25-26-27-28-30-31-33-35-37-39-41-43-51(55)60-48-49(47-59-46-45-50(53(57)58)54(3,4)5)61-52(56)44-42-40-38-36-34-32-29-23-21-19-17-15-13-11-9-7-2/h8-11,14-17,21,23,32,34,38,40,49-50H,6-7,12-13,18-20,22,24-31,33,35-37,39,41-48H2,1-5H3/b10-8+,11-9+,16-14+,17-15+,23-21+,34-32+,40-38+. The van der Waals surface area contributed by atoms with E-state index in [1.165, 1.54) is 77.0 Å². The van der Waals surface area contributed by atoms with Crippen LogP contribution in [0.15, 0.2) is 85.1 Å². The molecule has 61 heavy (non-hydrogen) atoms. The van der Waals surface area contributed by atoms with E-state index in [4.69, 9.17) is 14.2 Å². The van der Waals surface area contributed by atoms with E-state index < -0.39 is 24.1 Å².